The van der Waals surface area contributed by atoms with Crippen LogP contribution in [-0.2, 0) is 16.1 Å². The predicted molar refractivity (Wildman–Crippen MR) is 107 cm³/mol. The van der Waals surface area contributed by atoms with Gasteiger partial charge in [0.05, 0.1) is 23.5 Å². The third kappa shape index (κ3) is 4.46. The van der Waals surface area contributed by atoms with E-state index in [0.717, 1.165) is 16.6 Å². The second-order valence-electron chi connectivity index (χ2n) is 6.23. The monoisotopic (exact) mass is 384 g/mol. The number of halogens is 1. The minimum atomic E-state index is -0.445. The van der Waals surface area contributed by atoms with Crippen LogP contribution in [0.1, 0.15) is 31.9 Å². The molecule has 0 fully saturated rings. The topological polar surface area (TPSA) is 76.0 Å². The molecule has 27 heavy (non-hydrogen) atoms. The molecule has 2 N–H and O–H groups in total. The zero-order valence-electron chi connectivity index (χ0n) is 15.2. The Morgan fingerprint density at radius 3 is 2.52 bits per heavy atom. The molecular formula is C20H21ClN4O2. The van der Waals surface area contributed by atoms with E-state index in [9.17, 15) is 9.59 Å². The van der Waals surface area contributed by atoms with Crippen LogP contribution in [-0.4, -0.2) is 21.4 Å². The quantitative estimate of drug-likeness (QED) is 0.676. The highest BCUT2D eigenvalue weighted by molar-refractivity contribution is 6.30. The molecule has 1 atom stereocenters. The highest BCUT2D eigenvalue weighted by Gasteiger charge is 2.19. The Labute approximate surface area is 162 Å². The van der Waals surface area contributed by atoms with E-state index < -0.39 is 6.04 Å². The second-order valence-corrected chi connectivity index (χ2v) is 6.66. The lowest BCUT2D eigenvalue weighted by atomic mass is 10.0. The van der Waals surface area contributed by atoms with Gasteiger partial charge in [0.2, 0.25) is 17.8 Å². The molecule has 0 saturated carbocycles. The number of hydrogen-bond donors (Lipinski definition) is 2. The maximum atomic E-state index is 12.6. The number of fused-ring (bicyclic) bond motifs is 1. The summed E-state index contributed by atoms with van der Waals surface area (Å²) in [6.45, 7) is 4.11. The number of amides is 2. The number of hydrogen-bond acceptors (Lipinski definition) is 3. The third-order valence-electron chi connectivity index (χ3n) is 4.26. The van der Waals surface area contributed by atoms with Crippen molar-refractivity contribution in [2.45, 2.75) is 32.9 Å². The van der Waals surface area contributed by atoms with Gasteiger partial charge in [-0.2, -0.15) is 0 Å². The summed E-state index contributed by atoms with van der Waals surface area (Å²) in [7, 11) is 0. The number of nitrogens with one attached hydrogen (secondary N) is 2. The largest absolute Gasteiger partial charge is 0.349 e. The summed E-state index contributed by atoms with van der Waals surface area (Å²) in [6, 6.07) is 14.4. The Kier molecular flexibility index (Phi) is 5.76. The summed E-state index contributed by atoms with van der Waals surface area (Å²) in [6.07, 6.45) is 0.0914. The standard InChI is InChI=1S/C20H21ClN4O2/c1-3-25-18-7-5-4-6-16(18)23-20(25)24-19(27)12-17(22-13(2)26)14-8-10-15(21)11-9-14/h4-11,17H,3,12H2,1-2H3,(H,22,26)(H,23,24,27). The molecule has 0 aliphatic carbocycles. The smallest absolute Gasteiger partial charge is 0.229 e. The lowest BCUT2D eigenvalue weighted by Crippen LogP contribution is -2.30. The fraction of sp³-hybridized carbons (Fsp3) is 0.250. The van der Waals surface area contributed by atoms with Gasteiger partial charge in [-0.15, -0.1) is 0 Å². The Morgan fingerprint density at radius 1 is 1.15 bits per heavy atom. The zero-order chi connectivity index (χ0) is 19.4. The first-order chi connectivity index (χ1) is 13.0. The summed E-state index contributed by atoms with van der Waals surface area (Å²) >= 11 is 5.93. The number of benzene rings is 2. The van der Waals surface area contributed by atoms with Crippen LogP contribution in [0.5, 0.6) is 0 Å². The molecule has 2 amide bonds. The summed E-state index contributed by atoms with van der Waals surface area (Å²) in [5.41, 5.74) is 2.60. The maximum Gasteiger partial charge on any atom is 0.229 e. The molecule has 0 aliphatic heterocycles. The normalized spacial score (nSPS) is 12.0. The van der Waals surface area contributed by atoms with Crippen molar-refractivity contribution < 1.29 is 9.59 Å². The van der Waals surface area contributed by atoms with Crippen LogP contribution in [0.15, 0.2) is 48.5 Å². The van der Waals surface area contributed by atoms with Crippen molar-refractivity contribution in [3.8, 4) is 0 Å². The van der Waals surface area contributed by atoms with Gasteiger partial charge in [0.15, 0.2) is 0 Å². The first-order valence-electron chi connectivity index (χ1n) is 8.75. The van der Waals surface area contributed by atoms with Crippen molar-refractivity contribution in [2.24, 2.45) is 0 Å². The van der Waals surface area contributed by atoms with Crippen molar-refractivity contribution >= 4 is 40.4 Å². The highest BCUT2D eigenvalue weighted by atomic mass is 35.5. The van der Waals surface area contributed by atoms with Crippen LogP contribution < -0.4 is 10.6 Å². The Morgan fingerprint density at radius 2 is 1.85 bits per heavy atom. The van der Waals surface area contributed by atoms with E-state index in [1.807, 2.05) is 35.8 Å². The third-order valence-corrected chi connectivity index (χ3v) is 4.51. The number of imidazole rings is 1. The first kappa shape index (κ1) is 18.9. The molecule has 0 spiro atoms. The van der Waals surface area contributed by atoms with Crippen molar-refractivity contribution in [3.63, 3.8) is 0 Å². The fourth-order valence-electron chi connectivity index (χ4n) is 3.04. The zero-order valence-corrected chi connectivity index (χ0v) is 16.0. The molecule has 140 valence electrons. The molecule has 0 radical (unpaired) electrons. The number of aromatic nitrogens is 2. The van der Waals surface area contributed by atoms with Crippen LogP contribution in [0, 0.1) is 0 Å². The van der Waals surface area contributed by atoms with Crippen LogP contribution in [0.3, 0.4) is 0 Å². The van der Waals surface area contributed by atoms with E-state index in [2.05, 4.69) is 15.6 Å². The number of para-hydroxylation sites is 2. The lowest BCUT2D eigenvalue weighted by Gasteiger charge is -2.18. The highest BCUT2D eigenvalue weighted by Crippen LogP contribution is 2.22. The average Bonchev–Trinajstić information content (AvgIpc) is 2.98. The summed E-state index contributed by atoms with van der Waals surface area (Å²) in [5, 5.41) is 6.29. The Balaban J connectivity index is 1.80. The number of anilines is 1. The van der Waals surface area contributed by atoms with Crippen molar-refractivity contribution in [1.82, 2.24) is 14.9 Å². The van der Waals surface area contributed by atoms with E-state index in [4.69, 9.17) is 11.6 Å². The van der Waals surface area contributed by atoms with Gasteiger partial charge in [0, 0.05) is 18.5 Å². The minimum Gasteiger partial charge on any atom is -0.349 e. The van der Waals surface area contributed by atoms with Gasteiger partial charge < -0.3 is 9.88 Å². The van der Waals surface area contributed by atoms with Gasteiger partial charge in [0.25, 0.3) is 0 Å². The van der Waals surface area contributed by atoms with Gasteiger partial charge in [-0.05, 0) is 36.8 Å². The lowest BCUT2D eigenvalue weighted by molar-refractivity contribution is -0.120. The number of aryl methyl sites for hydroxylation is 1. The number of rotatable bonds is 6. The Bertz CT molecular complexity index is 966. The van der Waals surface area contributed by atoms with Crippen molar-refractivity contribution in [3.05, 3.63) is 59.1 Å². The van der Waals surface area contributed by atoms with Crippen LogP contribution in [0.4, 0.5) is 5.95 Å². The Hall–Kier alpha value is -2.86. The average molecular weight is 385 g/mol. The molecule has 1 unspecified atom stereocenters. The number of nitrogens with zero attached hydrogens (tertiary/aromatic N) is 2. The molecule has 6 nitrogen and oxygen atoms in total. The SMILES string of the molecule is CCn1c(NC(=O)CC(NC(C)=O)c2ccc(Cl)cc2)nc2ccccc21. The van der Waals surface area contributed by atoms with Crippen LogP contribution in [0.25, 0.3) is 11.0 Å². The van der Waals surface area contributed by atoms with E-state index in [1.54, 1.807) is 24.3 Å². The molecule has 0 bridgehead atoms. The van der Waals surface area contributed by atoms with Gasteiger partial charge in [-0.3, -0.25) is 14.9 Å². The van der Waals surface area contributed by atoms with Crippen molar-refractivity contribution in [2.75, 3.05) is 5.32 Å². The molecule has 0 aliphatic rings. The fourth-order valence-corrected chi connectivity index (χ4v) is 3.17. The van der Waals surface area contributed by atoms with E-state index in [1.165, 1.54) is 6.92 Å². The molecule has 2 aromatic carbocycles. The number of carbonyl (C=O) groups excluding carboxylic acids is 2. The molecule has 1 heterocycles. The first-order valence-corrected chi connectivity index (χ1v) is 9.13. The van der Waals surface area contributed by atoms with Gasteiger partial charge in [-0.25, -0.2) is 4.98 Å². The van der Waals surface area contributed by atoms with E-state index in [0.29, 0.717) is 17.5 Å². The summed E-state index contributed by atoms with van der Waals surface area (Å²) in [5.74, 6) is 0.0682. The van der Waals surface area contributed by atoms with E-state index in [-0.39, 0.29) is 18.2 Å². The molecule has 1 aromatic heterocycles. The molecule has 3 rings (SSSR count). The second kappa shape index (κ2) is 8.22. The van der Waals surface area contributed by atoms with Gasteiger partial charge in [-0.1, -0.05) is 35.9 Å². The molecular weight excluding hydrogens is 364 g/mol. The molecule has 3 aromatic rings. The maximum absolute atomic E-state index is 12.6. The molecule has 7 heteroatoms. The van der Waals surface area contributed by atoms with Crippen LogP contribution in [0.2, 0.25) is 5.02 Å². The molecule has 0 saturated heterocycles. The minimum absolute atomic E-state index is 0.0914. The summed E-state index contributed by atoms with van der Waals surface area (Å²) < 4.78 is 1.95. The summed E-state index contributed by atoms with van der Waals surface area (Å²) in [4.78, 5) is 28.7. The number of carbonyl (C=O) groups is 2. The van der Waals surface area contributed by atoms with E-state index >= 15 is 0 Å². The van der Waals surface area contributed by atoms with Crippen LogP contribution >= 0.6 is 11.6 Å². The van der Waals surface area contributed by atoms with Crippen molar-refractivity contribution in [1.29, 1.82) is 0 Å². The van der Waals surface area contributed by atoms with Gasteiger partial charge in [0.1, 0.15) is 0 Å². The van der Waals surface area contributed by atoms with Gasteiger partial charge >= 0.3 is 0 Å². The predicted octanol–water partition coefficient (Wildman–Crippen LogP) is 3.92.